The molecule has 0 saturated carbocycles. The number of nitrogens with one attached hydrogen (secondary N) is 1. The van der Waals surface area contributed by atoms with Crippen molar-refractivity contribution in [2.45, 2.75) is 4.34 Å². The third-order valence-electron chi connectivity index (χ3n) is 2.97. The van der Waals surface area contributed by atoms with Crippen LogP contribution in [0.3, 0.4) is 0 Å². The Hall–Kier alpha value is -1.08. The summed E-state index contributed by atoms with van der Waals surface area (Å²) in [6.45, 7) is 0. The Kier molecular flexibility index (Phi) is 4.73. The third kappa shape index (κ3) is 3.30. The molecule has 3 aromatic rings. The lowest BCUT2D eigenvalue weighted by Gasteiger charge is -2.07. The van der Waals surface area contributed by atoms with Crippen molar-refractivity contribution in [2.75, 3.05) is 11.6 Å². The third-order valence-corrected chi connectivity index (χ3v) is 5.80. The Balaban J connectivity index is 1.88. The Morgan fingerprint density at radius 2 is 2.14 bits per heavy atom. The van der Waals surface area contributed by atoms with Crippen LogP contribution in [-0.4, -0.2) is 17.1 Å². The minimum atomic E-state index is -0.236. The maximum absolute atomic E-state index is 12.4. The maximum Gasteiger partial charge on any atom is 0.257 e. The quantitative estimate of drug-likeness (QED) is 0.561. The number of hydrogen-bond acceptors (Lipinski definition) is 4. The Labute approximate surface area is 149 Å². The highest BCUT2D eigenvalue weighted by Gasteiger charge is 2.12. The number of thiazole rings is 1. The predicted molar refractivity (Wildman–Crippen MR) is 98.5 cm³/mol. The van der Waals surface area contributed by atoms with E-state index in [1.54, 1.807) is 41.3 Å². The summed E-state index contributed by atoms with van der Waals surface area (Å²) in [5, 5.41) is 3.29. The zero-order chi connectivity index (χ0) is 15.7. The first-order valence-electron chi connectivity index (χ1n) is 6.28. The largest absolute Gasteiger partial charge is 0.322 e. The molecule has 0 saturated heterocycles. The summed E-state index contributed by atoms with van der Waals surface area (Å²) in [7, 11) is 0. The number of thioether (sulfide) groups is 1. The molecule has 2 aromatic carbocycles. The number of benzene rings is 2. The van der Waals surface area contributed by atoms with Gasteiger partial charge in [0.15, 0.2) is 4.34 Å². The average Bonchev–Trinajstić information content (AvgIpc) is 2.92. The van der Waals surface area contributed by atoms with Crippen LogP contribution in [0.25, 0.3) is 10.2 Å². The number of fused-ring (bicyclic) bond motifs is 1. The van der Waals surface area contributed by atoms with Gasteiger partial charge in [-0.15, -0.1) is 11.3 Å². The second-order valence-electron chi connectivity index (χ2n) is 4.44. The minimum absolute atomic E-state index is 0.236. The zero-order valence-corrected chi connectivity index (χ0v) is 15.4. The van der Waals surface area contributed by atoms with Crippen molar-refractivity contribution in [3.8, 4) is 0 Å². The van der Waals surface area contributed by atoms with Crippen LogP contribution in [0.5, 0.6) is 0 Å². The molecule has 0 spiro atoms. The standard InChI is InChI=1S/C15H10BrClN2OS2/c1-21-15-19-12-5-3-9(7-13(12)22-15)18-14(20)10-6-8(16)2-4-11(10)17/h2-7H,1H3,(H,18,20). The van der Waals surface area contributed by atoms with E-state index >= 15 is 0 Å². The monoisotopic (exact) mass is 412 g/mol. The summed E-state index contributed by atoms with van der Waals surface area (Å²) < 4.78 is 2.86. The lowest BCUT2D eigenvalue weighted by Crippen LogP contribution is -2.12. The number of halogens is 2. The van der Waals surface area contributed by atoms with Crippen molar-refractivity contribution in [2.24, 2.45) is 0 Å². The number of amides is 1. The lowest BCUT2D eigenvalue weighted by atomic mass is 10.2. The molecule has 1 aromatic heterocycles. The minimum Gasteiger partial charge on any atom is -0.322 e. The molecule has 0 atom stereocenters. The highest BCUT2D eigenvalue weighted by atomic mass is 79.9. The van der Waals surface area contributed by atoms with E-state index in [1.807, 2.05) is 24.5 Å². The Morgan fingerprint density at radius 1 is 1.32 bits per heavy atom. The molecular weight excluding hydrogens is 404 g/mol. The van der Waals surface area contributed by atoms with E-state index in [0.29, 0.717) is 10.6 Å². The van der Waals surface area contributed by atoms with Crippen LogP contribution < -0.4 is 5.32 Å². The van der Waals surface area contributed by atoms with E-state index in [-0.39, 0.29) is 5.91 Å². The molecule has 0 aliphatic carbocycles. The van der Waals surface area contributed by atoms with Gasteiger partial charge >= 0.3 is 0 Å². The zero-order valence-electron chi connectivity index (χ0n) is 11.4. The summed E-state index contributed by atoms with van der Waals surface area (Å²) in [5.74, 6) is -0.236. The number of nitrogens with zero attached hydrogens (tertiary/aromatic N) is 1. The highest BCUT2D eigenvalue weighted by Crippen LogP contribution is 2.30. The van der Waals surface area contributed by atoms with Gasteiger partial charge in [0.2, 0.25) is 0 Å². The Morgan fingerprint density at radius 3 is 2.91 bits per heavy atom. The van der Waals surface area contributed by atoms with Crippen LogP contribution in [0.1, 0.15) is 10.4 Å². The molecule has 0 unspecified atom stereocenters. The van der Waals surface area contributed by atoms with Gasteiger partial charge in [0.05, 0.1) is 20.8 Å². The molecule has 3 rings (SSSR count). The fourth-order valence-corrected chi connectivity index (χ4v) is 4.03. The maximum atomic E-state index is 12.4. The van der Waals surface area contributed by atoms with Gasteiger partial charge in [-0.1, -0.05) is 39.3 Å². The van der Waals surface area contributed by atoms with Gasteiger partial charge in [0.25, 0.3) is 5.91 Å². The number of anilines is 1. The molecule has 0 radical (unpaired) electrons. The molecule has 1 heterocycles. The van der Waals surface area contributed by atoms with Crippen LogP contribution in [0.15, 0.2) is 45.2 Å². The average molecular weight is 414 g/mol. The Bertz CT molecular complexity index is 866. The number of carbonyl (C=O) groups excluding carboxylic acids is 1. The highest BCUT2D eigenvalue weighted by molar-refractivity contribution is 9.10. The number of aromatic nitrogens is 1. The van der Waals surface area contributed by atoms with Crippen LogP contribution in [0.4, 0.5) is 5.69 Å². The van der Waals surface area contributed by atoms with E-state index in [9.17, 15) is 4.79 Å². The normalized spacial score (nSPS) is 10.9. The van der Waals surface area contributed by atoms with Gasteiger partial charge < -0.3 is 5.32 Å². The first-order chi connectivity index (χ1) is 10.6. The fraction of sp³-hybridized carbons (Fsp3) is 0.0667. The molecule has 1 N–H and O–H groups in total. The summed E-state index contributed by atoms with van der Waals surface area (Å²) in [5.41, 5.74) is 2.10. The SMILES string of the molecule is CSc1nc2ccc(NC(=O)c3cc(Br)ccc3Cl)cc2s1. The van der Waals surface area contributed by atoms with Crippen molar-refractivity contribution in [1.29, 1.82) is 0 Å². The van der Waals surface area contributed by atoms with Gasteiger partial charge in [-0.25, -0.2) is 4.98 Å². The number of hydrogen-bond donors (Lipinski definition) is 1. The summed E-state index contributed by atoms with van der Waals surface area (Å²) in [4.78, 5) is 16.8. The summed E-state index contributed by atoms with van der Waals surface area (Å²) >= 11 is 12.6. The molecule has 22 heavy (non-hydrogen) atoms. The van der Waals surface area contributed by atoms with Gasteiger partial charge in [0.1, 0.15) is 0 Å². The predicted octanol–water partition coefficient (Wildman–Crippen LogP) is 5.69. The van der Waals surface area contributed by atoms with Gasteiger partial charge in [0, 0.05) is 10.2 Å². The van der Waals surface area contributed by atoms with Crippen molar-refractivity contribution in [3.05, 3.63) is 51.5 Å². The van der Waals surface area contributed by atoms with E-state index in [4.69, 9.17) is 11.6 Å². The second-order valence-corrected chi connectivity index (χ2v) is 7.85. The topological polar surface area (TPSA) is 42.0 Å². The molecule has 7 heteroatoms. The number of carbonyl (C=O) groups is 1. The first kappa shape index (κ1) is 15.8. The molecule has 112 valence electrons. The molecule has 0 fully saturated rings. The molecule has 3 nitrogen and oxygen atoms in total. The molecule has 1 amide bonds. The van der Waals surface area contributed by atoms with Gasteiger partial charge in [-0.2, -0.15) is 0 Å². The summed E-state index contributed by atoms with van der Waals surface area (Å²) in [6, 6.07) is 10.9. The van der Waals surface area contributed by atoms with Crippen molar-refractivity contribution >= 4 is 72.4 Å². The van der Waals surface area contributed by atoms with E-state index in [2.05, 4.69) is 26.2 Å². The van der Waals surface area contributed by atoms with E-state index < -0.39 is 0 Å². The fourth-order valence-electron chi connectivity index (χ4n) is 1.94. The molecule has 0 aliphatic heterocycles. The van der Waals surface area contributed by atoms with Crippen molar-refractivity contribution < 1.29 is 4.79 Å². The summed E-state index contributed by atoms with van der Waals surface area (Å²) in [6.07, 6.45) is 2.00. The van der Waals surface area contributed by atoms with Crippen LogP contribution in [-0.2, 0) is 0 Å². The van der Waals surface area contributed by atoms with Gasteiger partial charge in [-0.05, 0) is 42.7 Å². The smallest absolute Gasteiger partial charge is 0.257 e. The van der Waals surface area contributed by atoms with Crippen LogP contribution in [0, 0.1) is 0 Å². The van der Waals surface area contributed by atoms with Crippen molar-refractivity contribution in [3.63, 3.8) is 0 Å². The molecular formula is C15H10BrClN2OS2. The van der Waals surface area contributed by atoms with E-state index in [0.717, 1.165) is 24.7 Å². The number of rotatable bonds is 3. The molecule has 0 aliphatic rings. The van der Waals surface area contributed by atoms with Crippen LogP contribution >= 0.6 is 50.6 Å². The molecule has 0 bridgehead atoms. The van der Waals surface area contributed by atoms with E-state index in [1.165, 1.54) is 0 Å². The van der Waals surface area contributed by atoms with Crippen LogP contribution in [0.2, 0.25) is 5.02 Å². The second kappa shape index (κ2) is 6.58. The lowest BCUT2D eigenvalue weighted by molar-refractivity contribution is 0.102. The first-order valence-corrected chi connectivity index (χ1v) is 9.49. The van der Waals surface area contributed by atoms with Gasteiger partial charge in [-0.3, -0.25) is 4.79 Å². The van der Waals surface area contributed by atoms with Crippen molar-refractivity contribution in [1.82, 2.24) is 4.98 Å².